The molecule has 0 heterocycles. The van der Waals surface area contributed by atoms with Gasteiger partial charge in [0.2, 0.25) is 0 Å². The Morgan fingerprint density at radius 2 is 1.92 bits per heavy atom. The zero-order valence-corrected chi connectivity index (χ0v) is 8.95. The predicted octanol–water partition coefficient (Wildman–Crippen LogP) is 1.34. The van der Waals surface area contributed by atoms with E-state index >= 15 is 0 Å². The topological polar surface area (TPSA) is 21.7 Å². The third kappa shape index (κ3) is 3.63. The van der Waals surface area contributed by atoms with E-state index in [2.05, 4.69) is 11.9 Å². The fourth-order valence-electron chi connectivity index (χ4n) is 1.69. The molecule has 0 saturated heterocycles. The second kappa shape index (κ2) is 5.58. The molecule has 0 aromatic heterocycles. The number of hydrogen-bond donors (Lipinski definition) is 0. The Labute approximate surface area is 81.0 Å². The zero-order valence-electron chi connectivity index (χ0n) is 8.95. The summed E-state index contributed by atoms with van der Waals surface area (Å²) in [6, 6.07) is 0. The van der Waals surface area contributed by atoms with Gasteiger partial charge in [-0.2, -0.15) is 0 Å². The first kappa shape index (κ1) is 11.0. The lowest BCUT2D eigenvalue weighted by atomic mass is 9.85. The predicted molar refractivity (Wildman–Crippen MR) is 52.6 cm³/mol. The first-order valence-corrected chi connectivity index (χ1v) is 5.00. The lowest BCUT2D eigenvalue weighted by molar-refractivity contribution is -0.115. The average Bonchev–Trinajstić information content (AvgIpc) is 2.07. The molecule has 0 bridgehead atoms. The van der Waals surface area contributed by atoms with Crippen molar-refractivity contribution in [1.29, 1.82) is 0 Å². The van der Waals surface area contributed by atoms with Crippen molar-refractivity contribution in [2.45, 2.75) is 25.6 Å². The van der Waals surface area contributed by atoms with Crippen molar-refractivity contribution in [3.05, 3.63) is 0 Å². The van der Waals surface area contributed by atoms with Gasteiger partial charge in [-0.1, -0.05) is 6.42 Å². The summed E-state index contributed by atoms with van der Waals surface area (Å²) in [5, 5.41) is 0. The highest BCUT2D eigenvalue weighted by atomic mass is 16.7. The maximum Gasteiger partial charge on any atom is 0.169 e. The summed E-state index contributed by atoms with van der Waals surface area (Å²) in [5.74, 6) is 0.916. The van der Waals surface area contributed by atoms with Crippen LogP contribution >= 0.6 is 0 Å². The van der Waals surface area contributed by atoms with Gasteiger partial charge in [-0.05, 0) is 25.8 Å². The van der Waals surface area contributed by atoms with Crippen molar-refractivity contribution in [2.24, 2.45) is 5.92 Å². The summed E-state index contributed by atoms with van der Waals surface area (Å²) in [4.78, 5) is 2.29. The zero-order chi connectivity index (χ0) is 9.68. The largest absolute Gasteiger partial charge is 0.355 e. The van der Waals surface area contributed by atoms with Crippen molar-refractivity contribution in [3.63, 3.8) is 0 Å². The normalized spacial score (nSPS) is 18.2. The lowest BCUT2D eigenvalue weighted by Gasteiger charge is -2.31. The van der Waals surface area contributed by atoms with E-state index < -0.39 is 0 Å². The Morgan fingerprint density at radius 1 is 1.31 bits per heavy atom. The summed E-state index contributed by atoms with van der Waals surface area (Å²) in [7, 11) is 5.50. The summed E-state index contributed by atoms with van der Waals surface area (Å²) in [5.41, 5.74) is 0. The van der Waals surface area contributed by atoms with E-state index in [0.29, 0.717) is 0 Å². The Kier molecular flexibility index (Phi) is 4.70. The molecule has 78 valence electrons. The number of ether oxygens (including phenoxy) is 2. The van der Waals surface area contributed by atoms with Crippen LogP contribution in [0.4, 0.5) is 0 Å². The number of methoxy groups -OCH3 is 2. The first-order valence-electron chi connectivity index (χ1n) is 5.00. The van der Waals surface area contributed by atoms with Crippen LogP contribution in [0, 0.1) is 5.92 Å². The molecule has 1 rings (SSSR count). The number of rotatable bonds is 6. The van der Waals surface area contributed by atoms with Crippen molar-refractivity contribution in [1.82, 2.24) is 4.90 Å². The highest BCUT2D eigenvalue weighted by Crippen LogP contribution is 2.26. The van der Waals surface area contributed by atoms with Gasteiger partial charge < -0.3 is 14.4 Å². The molecule has 0 N–H and O–H groups in total. The Hall–Kier alpha value is -0.120. The van der Waals surface area contributed by atoms with E-state index in [1.807, 2.05) is 0 Å². The third-order valence-electron chi connectivity index (χ3n) is 2.78. The third-order valence-corrected chi connectivity index (χ3v) is 2.78. The lowest BCUT2D eigenvalue weighted by Crippen LogP contribution is -2.36. The molecule has 0 amide bonds. The van der Waals surface area contributed by atoms with Crippen LogP contribution in [0.2, 0.25) is 0 Å². The van der Waals surface area contributed by atoms with E-state index in [-0.39, 0.29) is 6.29 Å². The van der Waals surface area contributed by atoms with Crippen molar-refractivity contribution < 1.29 is 9.47 Å². The molecule has 0 aliphatic heterocycles. The van der Waals surface area contributed by atoms with Gasteiger partial charge in [-0.25, -0.2) is 0 Å². The van der Waals surface area contributed by atoms with Crippen LogP contribution in [0.5, 0.6) is 0 Å². The van der Waals surface area contributed by atoms with E-state index in [1.165, 1.54) is 25.8 Å². The molecule has 13 heavy (non-hydrogen) atoms. The summed E-state index contributed by atoms with van der Waals surface area (Å²) in [6.45, 7) is 2.05. The summed E-state index contributed by atoms with van der Waals surface area (Å²) >= 11 is 0. The van der Waals surface area contributed by atoms with Crippen LogP contribution in [0.1, 0.15) is 19.3 Å². The minimum absolute atomic E-state index is 0.0786. The molecule has 0 atom stereocenters. The minimum Gasteiger partial charge on any atom is -0.355 e. The molecule has 0 unspecified atom stereocenters. The van der Waals surface area contributed by atoms with Crippen LogP contribution in [0.3, 0.4) is 0 Å². The van der Waals surface area contributed by atoms with Crippen molar-refractivity contribution in [2.75, 3.05) is 34.4 Å². The number of nitrogens with zero attached hydrogens (tertiary/aromatic N) is 1. The Balaban J connectivity index is 2.10. The molecule has 1 fully saturated rings. The van der Waals surface area contributed by atoms with Gasteiger partial charge >= 0.3 is 0 Å². The summed E-state index contributed by atoms with van der Waals surface area (Å²) < 4.78 is 10.3. The first-order chi connectivity index (χ1) is 6.26. The molecule has 0 radical (unpaired) electrons. The molecule has 3 heteroatoms. The second-order valence-electron chi connectivity index (χ2n) is 3.92. The molecular formula is C10H21NO2. The van der Waals surface area contributed by atoms with Gasteiger partial charge in [0.05, 0.1) is 0 Å². The van der Waals surface area contributed by atoms with E-state index in [9.17, 15) is 0 Å². The quantitative estimate of drug-likeness (QED) is 0.586. The standard InChI is InChI=1S/C10H21NO2/c1-11(7-9-5-4-6-9)8-10(12-2)13-3/h9-10H,4-8H2,1-3H3. The molecule has 0 aromatic rings. The molecule has 0 aromatic carbocycles. The van der Waals surface area contributed by atoms with Crippen LogP contribution in [-0.2, 0) is 9.47 Å². The summed E-state index contributed by atoms with van der Waals surface area (Å²) in [6.07, 6.45) is 4.13. The fraction of sp³-hybridized carbons (Fsp3) is 1.00. The Bertz CT molecular complexity index is 133. The van der Waals surface area contributed by atoms with Gasteiger partial charge in [0, 0.05) is 27.3 Å². The van der Waals surface area contributed by atoms with E-state index in [4.69, 9.17) is 9.47 Å². The van der Waals surface area contributed by atoms with Gasteiger partial charge in [0.15, 0.2) is 6.29 Å². The SMILES string of the molecule is COC(CN(C)CC1CCC1)OC. The smallest absolute Gasteiger partial charge is 0.169 e. The van der Waals surface area contributed by atoms with E-state index in [1.54, 1.807) is 14.2 Å². The van der Waals surface area contributed by atoms with Crippen LogP contribution in [0.25, 0.3) is 0 Å². The second-order valence-corrected chi connectivity index (χ2v) is 3.92. The number of likely N-dealkylation sites (N-methyl/N-ethyl adjacent to an activating group) is 1. The molecule has 3 nitrogen and oxygen atoms in total. The van der Waals surface area contributed by atoms with Crippen LogP contribution in [-0.4, -0.2) is 45.5 Å². The minimum atomic E-state index is -0.0786. The maximum absolute atomic E-state index is 5.14. The van der Waals surface area contributed by atoms with E-state index in [0.717, 1.165) is 12.5 Å². The molecule has 1 saturated carbocycles. The molecule has 0 spiro atoms. The van der Waals surface area contributed by atoms with Gasteiger partial charge in [-0.3, -0.25) is 0 Å². The van der Waals surface area contributed by atoms with Gasteiger partial charge in [-0.15, -0.1) is 0 Å². The van der Waals surface area contributed by atoms with Crippen LogP contribution in [0.15, 0.2) is 0 Å². The van der Waals surface area contributed by atoms with Crippen LogP contribution < -0.4 is 0 Å². The highest BCUT2D eigenvalue weighted by molar-refractivity contribution is 4.72. The van der Waals surface area contributed by atoms with Crippen molar-refractivity contribution in [3.8, 4) is 0 Å². The van der Waals surface area contributed by atoms with Gasteiger partial charge in [0.25, 0.3) is 0 Å². The maximum atomic E-state index is 5.14. The number of hydrogen-bond acceptors (Lipinski definition) is 3. The monoisotopic (exact) mass is 187 g/mol. The highest BCUT2D eigenvalue weighted by Gasteiger charge is 2.20. The fourth-order valence-corrected chi connectivity index (χ4v) is 1.69. The molecule has 1 aliphatic rings. The average molecular weight is 187 g/mol. The molecule has 1 aliphatic carbocycles. The van der Waals surface area contributed by atoms with Crippen molar-refractivity contribution >= 4 is 0 Å². The Morgan fingerprint density at radius 3 is 2.31 bits per heavy atom. The molecular weight excluding hydrogens is 166 g/mol. The van der Waals surface area contributed by atoms with Gasteiger partial charge in [0.1, 0.15) is 0 Å².